The van der Waals surface area contributed by atoms with Gasteiger partial charge in [-0.3, -0.25) is 0 Å². The summed E-state index contributed by atoms with van der Waals surface area (Å²) in [5, 5.41) is 14.3. The lowest BCUT2D eigenvalue weighted by molar-refractivity contribution is 0.0692. The first-order chi connectivity index (χ1) is 12.3. The molecule has 4 rings (SSSR count). The van der Waals surface area contributed by atoms with Gasteiger partial charge >= 0.3 is 5.97 Å². The van der Waals surface area contributed by atoms with Crippen molar-refractivity contribution in [1.82, 2.24) is 10.3 Å². The standard InChI is InChI=1S/C16H12Cl2N2O4S2/c17-8-1-7(2-9(18)3-8)12-14(16(21)22)20-13-11(6-25-15(12)13)26(23,24)10-4-19-5-10/h1-3,6,10,19-20H,4-5H2,(H,21,22). The molecule has 0 saturated carbocycles. The molecule has 1 aliphatic rings. The van der Waals surface area contributed by atoms with Gasteiger partial charge in [-0.25, -0.2) is 13.2 Å². The lowest BCUT2D eigenvalue weighted by Crippen LogP contribution is -2.51. The Morgan fingerprint density at radius 2 is 1.85 bits per heavy atom. The minimum Gasteiger partial charge on any atom is -0.477 e. The Balaban J connectivity index is 1.98. The maximum absolute atomic E-state index is 12.8. The van der Waals surface area contributed by atoms with E-state index in [-0.39, 0.29) is 10.6 Å². The minimum atomic E-state index is -3.54. The first-order valence-electron chi connectivity index (χ1n) is 7.56. The number of nitrogens with one attached hydrogen (secondary N) is 2. The summed E-state index contributed by atoms with van der Waals surface area (Å²) in [5.74, 6) is -1.19. The molecule has 0 aliphatic carbocycles. The number of rotatable bonds is 4. The van der Waals surface area contributed by atoms with Crippen molar-refractivity contribution in [3.05, 3.63) is 39.3 Å². The quantitative estimate of drug-likeness (QED) is 0.586. The summed E-state index contributed by atoms with van der Waals surface area (Å²) in [7, 11) is -3.54. The van der Waals surface area contributed by atoms with Crippen LogP contribution in [0.2, 0.25) is 10.0 Å². The summed E-state index contributed by atoms with van der Waals surface area (Å²) in [4.78, 5) is 14.7. The number of halogens is 2. The molecule has 1 saturated heterocycles. The summed E-state index contributed by atoms with van der Waals surface area (Å²) in [5.41, 5.74) is 1.12. The molecular formula is C16H12Cl2N2O4S2. The minimum absolute atomic E-state index is 0.0895. The number of fused-ring (bicyclic) bond motifs is 1. The largest absolute Gasteiger partial charge is 0.477 e. The van der Waals surface area contributed by atoms with Gasteiger partial charge in [0.1, 0.15) is 10.6 Å². The van der Waals surface area contributed by atoms with Gasteiger partial charge in [-0.1, -0.05) is 23.2 Å². The van der Waals surface area contributed by atoms with Crippen molar-refractivity contribution in [2.45, 2.75) is 10.1 Å². The molecule has 0 radical (unpaired) electrons. The third kappa shape index (κ3) is 2.73. The second-order valence-corrected chi connectivity index (χ2v) is 9.92. The molecule has 0 unspecified atom stereocenters. The molecule has 3 aromatic rings. The molecule has 0 amide bonds. The number of sulfone groups is 1. The number of carboxylic acids is 1. The van der Waals surface area contributed by atoms with Crippen LogP contribution in [0.3, 0.4) is 0 Å². The van der Waals surface area contributed by atoms with Crippen LogP contribution in [0.25, 0.3) is 21.3 Å². The van der Waals surface area contributed by atoms with Crippen molar-refractivity contribution in [1.29, 1.82) is 0 Å². The molecule has 26 heavy (non-hydrogen) atoms. The Morgan fingerprint density at radius 3 is 2.38 bits per heavy atom. The van der Waals surface area contributed by atoms with Gasteiger partial charge in [0.15, 0.2) is 9.84 Å². The highest BCUT2D eigenvalue weighted by molar-refractivity contribution is 7.92. The van der Waals surface area contributed by atoms with Crippen molar-refractivity contribution in [2.75, 3.05) is 13.1 Å². The molecule has 1 fully saturated rings. The van der Waals surface area contributed by atoms with E-state index in [9.17, 15) is 18.3 Å². The van der Waals surface area contributed by atoms with Gasteiger partial charge in [-0.2, -0.15) is 0 Å². The summed E-state index contributed by atoms with van der Waals surface area (Å²) in [6.07, 6.45) is 0. The van der Waals surface area contributed by atoms with E-state index in [0.29, 0.717) is 44.5 Å². The van der Waals surface area contributed by atoms with E-state index in [1.54, 1.807) is 23.6 Å². The molecule has 2 aromatic heterocycles. The molecule has 3 heterocycles. The zero-order valence-electron chi connectivity index (χ0n) is 13.0. The second kappa shape index (κ2) is 6.24. The third-order valence-corrected chi connectivity index (χ3v) is 8.07. The van der Waals surface area contributed by atoms with E-state index in [1.807, 2.05) is 0 Å². The number of carbonyl (C=O) groups is 1. The number of benzene rings is 1. The van der Waals surface area contributed by atoms with E-state index in [0.717, 1.165) is 0 Å². The number of H-pyrrole nitrogens is 1. The lowest BCUT2D eigenvalue weighted by atomic mass is 10.1. The van der Waals surface area contributed by atoms with Crippen LogP contribution >= 0.6 is 34.5 Å². The molecule has 0 spiro atoms. The van der Waals surface area contributed by atoms with Crippen molar-refractivity contribution in [3.8, 4) is 11.1 Å². The predicted octanol–water partition coefficient (Wildman–Crippen LogP) is 3.65. The molecule has 3 N–H and O–H groups in total. The fourth-order valence-electron chi connectivity index (χ4n) is 2.95. The van der Waals surface area contributed by atoms with Gasteiger partial charge in [0.25, 0.3) is 0 Å². The number of hydrogen-bond donors (Lipinski definition) is 3. The topological polar surface area (TPSA) is 99.3 Å². The Kier molecular flexibility index (Phi) is 4.28. The van der Waals surface area contributed by atoms with Crippen LogP contribution in [-0.4, -0.2) is 42.8 Å². The summed E-state index contributed by atoms with van der Waals surface area (Å²) >= 11 is 13.3. The van der Waals surface area contributed by atoms with Crippen LogP contribution in [0.4, 0.5) is 0 Å². The van der Waals surface area contributed by atoms with Crippen molar-refractivity contribution in [3.63, 3.8) is 0 Å². The first kappa shape index (κ1) is 17.8. The summed E-state index contributed by atoms with van der Waals surface area (Å²) < 4.78 is 26.1. The normalized spacial score (nSPS) is 15.3. The van der Waals surface area contributed by atoms with Crippen molar-refractivity contribution >= 4 is 60.6 Å². The maximum Gasteiger partial charge on any atom is 0.353 e. The number of carboxylic acid groups (broad SMARTS) is 1. The number of aromatic nitrogens is 1. The second-order valence-electron chi connectivity index (χ2n) is 5.97. The van der Waals surface area contributed by atoms with Gasteiger partial charge in [-0.05, 0) is 23.8 Å². The van der Waals surface area contributed by atoms with E-state index in [4.69, 9.17) is 23.2 Å². The van der Waals surface area contributed by atoms with E-state index >= 15 is 0 Å². The highest BCUT2D eigenvalue weighted by atomic mass is 35.5. The molecule has 6 nitrogen and oxygen atoms in total. The number of aromatic amines is 1. The van der Waals surface area contributed by atoms with Crippen LogP contribution < -0.4 is 5.32 Å². The summed E-state index contributed by atoms with van der Waals surface area (Å²) in [6, 6.07) is 4.75. The third-order valence-electron chi connectivity index (χ3n) is 4.34. The smallest absolute Gasteiger partial charge is 0.353 e. The molecular weight excluding hydrogens is 419 g/mol. The van der Waals surface area contributed by atoms with E-state index < -0.39 is 21.1 Å². The highest BCUT2D eigenvalue weighted by Gasteiger charge is 2.36. The molecule has 0 atom stereocenters. The SMILES string of the molecule is O=C(O)c1[nH]c2c(S(=O)(=O)C3CNC3)csc2c1-c1cc(Cl)cc(Cl)c1. The molecule has 136 valence electrons. The van der Waals surface area contributed by atoms with Gasteiger partial charge in [0.05, 0.1) is 15.5 Å². The number of thiophene rings is 1. The number of aromatic carboxylic acids is 1. The Bertz CT molecular complexity index is 1130. The Morgan fingerprint density at radius 1 is 1.19 bits per heavy atom. The molecule has 0 bridgehead atoms. The van der Waals surface area contributed by atoms with Crippen LogP contribution in [0, 0.1) is 0 Å². The zero-order valence-corrected chi connectivity index (χ0v) is 16.2. The average molecular weight is 431 g/mol. The van der Waals surface area contributed by atoms with Crippen molar-refractivity contribution in [2.24, 2.45) is 0 Å². The predicted molar refractivity (Wildman–Crippen MR) is 102 cm³/mol. The van der Waals surface area contributed by atoms with Gasteiger partial charge in [-0.15, -0.1) is 11.3 Å². The first-order valence-corrected chi connectivity index (χ1v) is 10.7. The molecule has 10 heteroatoms. The molecule has 1 aromatic carbocycles. The van der Waals surface area contributed by atoms with Gasteiger partial charge in [0, 0.05) is 34.1 Å². The average Bonchev–Trinajstić information content (AvgIpc) is 3.01. The molecule has 1 aliphatic heterocycles. The van der Waals surface area contributed by atoms with Crippen LogP contribution in [0.15, 0.2) is 28.5 Å². The monoisotopic (exact) mass is 430 g/mol. The lowest BCUT2D eigenvalue weighted by Gasteiger charge is -2.26. The van der Waals surface area contributed by atoms with E-state index in [2.05, 4.69) is 10.3 Å². The van der Waals surface area contributed by atoms with E-state index in [1.165, 1.54) is 11.3 Å². The Hall–Kier alpha value is -1.58. The fraction of sp³-hybridized carbons (Fsp3) is 0.188. The van der Waals surface area contributed by atoms with Gasteiger partial charge in [0.2, 0.25) is 0 Å². The fourth-order valence-corrected chi connectivity index (χ4v) is 6.65. The Labute approximate surface area is 162 Å². The van der Waals surface area contributed by atoms with Crippen LogP contribution in [-0.2, 0) is 9.84 Å². The summed E-state index contributed by atoms with van der Waals surface area (Å²) in [6.45, 7) is 0.784. The maximum atomic E-state index is 12.8. The highest BCUT2D eigenvalue weighted by Crippen LogP contribution is 2.42. The van der Waals surface area contributed by atoms with Crippen molar-refractivity contribution < 1.29 is 18.3 Å². The van der Waals surface area contributed by atoms with Gasteiger partial charge < -0.3 is 15.4 Å². The zero-order chi connectivity index (χ0) is 18.6. The van der Waals surface area contributed by atoms with Crippen LogP contribution in [0.1, 0.15) is 10.5 Å². The van der Waals surface area contributed by atoms with Crippen LogP contribution in [0.5, 0.6) is 0 Å². The number of hydrogen-bond acceptors (Lipinski definition) is 5.